The van der Waals surface area contributed by atoms with E-state index in [4.69, 9.17) is 9.47 Å². The van der Waals surface area contributed by atoms with Gasteiger partial charge in [0.05, 0.1) is 20.0 Å². The van der Waals surface area contributed by atoms with Crippen LogP contribution in [0.2, 0.25) is 0 Å². The Morgan fingerprint density at radius 2 is 1.90 bits per heavy atom. The first kappa shape index (κ1) is 20.5. The Balaban J connectivity index is 1.78. The number of carbonyl (C=O) groups excluding carboxylic acids is 1. The van der Waals surface area contributed by atoms with Crippen molar-refractivity contribution in [1.29, 1.82) is 0 Å². The molecule has 3 rings (SSSR count). The average Bonchev–Trinajstić information content (AvgIpc) is 3.15. The molecule has 7 nitrogen and oxygen atoms in total. The molecule has 0 saturated heterocycles. The normalized spacial score (nSPS) is 10.4. The second-order valence-electron chi connectivity index (χ2n) is 5.98. The minimum absolute atomic E-state index is 0.109. The number of hydrogen-bond donors (Lipinski definition) is 1. The van der Waals surface area contributed by atoms with Gasteiger partial charge in [-0.25, -0.2) is 0 Å². The minimum Gasteiger partial charge on any atom is -0.493 e. The molecule has 1 heterocycles. The van der Waals surface area contributed by atoms with Crippen molar-refractivity contribution in [1.82, 2.24) is 14.8 Å². The summed E-state index contributed by atoms with van der Waals surface area (Å²) >= 11 is 1.32. The molecular weight excluding hydrogens is 388 g/mol. The third-order valence-corrected chi connectivity index (χ3v) is 5.03. The molecule has 29 heavy (non-hydrogen) atoms. The molecule has 1 aromatic heterocycles. The van der Waals surface area contributed by atoms with Gasteiger partial charge in [-0.3, -0.25) is 9.36 Å². The molecule has 8 heteroatoms. The maximum absolute atomic E-state index is 12.2. The van der Waals surface area contributed by atoms with Crippen molar-refractivity contribution in [2.75, 3.05) is 25.3 Å². The zero-order valence-corrected chi connectivity index (χ0v) is 17.1. The molecule has 0 aliphatic heterocycles. The van der Waals surface area contributed by atoms with Crippen LogP contribution in [0.5, 0.6) is 11.5 Å². The number of hydrogen-bond acceptors (Lipinski definition) is 6. The SMILES string of the molecule is C=CCn1c(SCC(=O)Nc2ccccc2)nnc1-c1ccc(OC)c(OC)c1. The van der Waals surface area contributed by atoms with E-state index in [1.807, 2.05) is 53.1 Å². The monoisotopic (exact) mass is 410 g/mol. The molecule has 0 unspecified atom stereocenters. The van der Waals surface area contributed by atoms with Crippen LogP contribution in [-0.4, -0.2) is 40.6 Å². The van der Waals surface area contributed by atoms with E-state index in [9.17, 15) is 4.79 Å². The van der Waals surface area contributed by atoms with Crippen molar-refractivity contribution in [2.24, 2.45) is 0 Å². The van der Waals surface area contributed by atoms with Gasteiger partial charge in [0.15, 0.2) is 22.5 Å². The molecule has 1 N–H and O–H groups in total. The van der Waals surface area contributed by atoms with E-state index in [1.54, 1.807) is 20.3 Å². The van der Waals surface area contributed by atoms with Gasteiger partial charge in [-0.05, 0) is 30.3 Å². The molecule has 0 bridgehead atoms. The molecule has 150 valence electrons. The number of nitrogens with zero attached hydrogens (tertiary/aromatic N) is 3. The average molecular weight is 410 g/mol. The van der Waals surface area contributed by atoms with E-state index in [0.717, 1.165) is 11.3 Å². The zero-order valence-electron chi connectivity index (χ0n) is 16.3. The summed E-state index contributed by atoms with van der Waals surface area (Å²) in [4.78, 5) is 12.2. The summed E-state index contributed by atoms with van der Waals surface area (Å²) in [6.07, 6.45) is 1.77. The van der Waals surface area contributed by atoms with E-state index in [1.165, 1.54) is 11.8 Å². The van der Waals surface area contributed by atoms with Crippen molar-refractivity contribution >= 4 is 23.4 Å². The van der Waals surface area contributed by atoms with Crippen LogP contribution in [0.25, 0.3) is 11.4 Å². The largest absolute Gasteiger partial charge is 0.493 e. The van der Waals surface area contributed by atoms with Crippen molar-refractivity contribution in [2.45, 2.75) is 11.7 Å². The van der Waals surface area contributed by atoms with Crippen LogP contribution in [0, 0.1) is 0 Å². The van der Waals surface area contributed by atoms with E-state index in [2.05, 4.69) is 22.1 Å². The molecule has 2 aromatic carbocycles. The number of allylic oxidation sites excluding steroid dienone is 1. The predicted molar refractivity (Wildman–Crippen MR) is 115 cm³/mol. The third kappa shape index (κ3) is 4.97. The van der Waals surface area contributed by atoms with E-state index >= 15 is 0 Å². The molecule has 1 amide bonds. The molecular formula is C21H22N4O3S. The van der Waals surface area contributed by atoms with Gasteiger partial charge < -0.3 is 14.8 Å². The van der Waals surface area contributed by atoms with Gasteiger partial charge in [0.1, 0.15) is 0 Å². The maximum Gasteiger partial charge on any atom is 0.234 e. The summed E-state index contributed by atoms with van der Waals surface area (Å²) < 4.78 is 12.6. The van der Waals surface area contributed by atoms with E-state index < -0.39 is 0 Å². The molecule has 3 aromatic rings. The summed E-state index contributed by atoms with van der Waals surface area (Å²) in [5, 5.41) is 12.1. The second kappa shape index (κ2) is 9.79. The van der Waals surface area contributed by atoms with Crippen LogP contribution in [0.15, 0.2) is 66.3 Å². The number of nitrogens with one attached hydrogen (secondary N) is 1. The summed E-state index contributed by atoms with van der Waals surface area (Å²) in [5.41, 5.74) is 1.59. The molecule has 0 atom stereocenters. The molecule has 0 radical (unpaired) electrons. The first-order chi connectivity index (χ1) is 14.2. The van der Waals surface area contributed by atoms with Crippen LogP contribution in [0.4, 0.5) is 5.69 Å². The molecule has 0 aliphatic rings. The number of ether oxygens (including phenoxy) is 2. The Bertz CT molecular complexity index is 989. The molecule has 0 fully saturated rings. The minimum atomic E-state index is -0.109. The quantitative estimate of drug-likeness (QED) is 0.426. The number of benzene rings is 2. The van der Waals surface area contributed by atoms with Gasteiger partial charge in [0, 0.05) is 17.8 Å². The lowest BCUT2D eigenvalue weighted by Gasteiger charge is -2.11. The number of methoxy groups -OCH3 is 2. The fourth-order valence-electron chi connectivity index (χ4n) is 2.73. The Hall–Kier alpha value is -3.26. The van der Waals surface area contributed by atoms with Crippen molar-refractivity contribution < 1.29 is 14.3 Å². The number of amides is 1. The van der Waals surface area contributed by atoms with Gasteiger partial charge >= 0.3 is 0 Å². The highest BCUT2D eigenvalue weighted by molar-refractivity contribution is 7.99. The van der Waals surface area contributed by atoms with Crippen molar-refractivity contribution in [3.8, 4) is 22.9 Å². The van der Waals surface area contributed by atoms with Crippen LogP contribution in [-0.2, 0) is 11.3 Å². The van der Waals surface area contributed by atoms with Crippen LogP contribution in [0.1, 0.15) is 0 Å². The van der Waals surface area contributed by atoms with Crippen LogP contribution in [0.3, 0.4) is 0 Å². The fraction of sp³-hybridized carbons (Fsp3) is 0.190. The second-order valence-corrected chi connectivity index (χ2v) is 6.92. The first-order valence-electron chi connectivity index (χ1n) is 8.90. The third-order valence-electron chi connectivity index (χ3n) is 4.06. The Labute approximate surface area is 173 Å². The van der Waals surface area contributed by atoms with Crippen LogP contribution < -0.4 is 14.8 Å². The predicted octanol–water partition coefficient (Wildman–Crippen LogP) is 3.88. The Morgan fingerprint density at radius 3 is 2.59 bits per heavy atom. The number of thioether (sulfide) groups is 1. The van der Waals surface area contributed by atoms with E-state index in [0.29, 0.717) is 29.0 Å². The lowest BCUT2D eigenvalue weighted by atomic mass is 10.2. The Morgan fingerprint density at radius 1 is 1.14 bits per heavy atom. The Kier molecular flexibility index (Phi) is 6.91. The summed E-state index contributed by atoms with van der Waals surface area (Å²) in [7, 11) is 3.18. The number of aromatic nitrogens is 3. The lowest BCUT2D eigenvalue weighted by molar-refractivity contribution is -0.113. The highest BCUT2D eigenvalue weighted by Crippen LogP contribution is 2.32. The zero-order chi connectivity index (χ0) is 20.6. The summed E-state index contributed by atoms with van der Waals surface area (Å²) in [6.45, 7) is 4.33. The van der Waals surface area contributed by atoms with Gasteiger partial charge in [-0.1, -0.05) is 36.0 Å². The highest BCUT2D eigenvalue weighted by atomic mass is 32.2. The van der Waals surface area contributed by atoms with E-state index in [-0.39, 0.29) is 11.7 Å². The van der Waals surface area contributed by atoms with Gasteiger partial charge in [-0.15, -0.1) is 16.8 Å². The molecule has 0 spiro atoms. The summed E-state index contributed by atoms with van der Waals surface area (Å²) in [6, 6.07) is 14.9. The standard InChI is InChI=1S/C21H22N4O3S/c1-4-12-25-20(15-10-11-17(27-2)18(13-15)28-3)23-24-21(25)29-14-19(26)22-16-8-6-5-7-9-16/h4-11,13H,1,12,14H2,2-3H3,(H,22,26). The smallest absolute Gasteiger partial charge is 0.234 e. The maximum atomic E-state index is 12.2. The van der Waals surface area contributed by atoms with Gasteiger partial charge in [-0.2, -0.15) is 0 Å². The van der Waals surface area contributed by atoms with Crippen molar-refractivity contribution in [3.63, 3.8) is 0 Å². The molecule has 0 aliphatic carbocycles. The molecule has 0 saturated carbocycles. The number of carbonyl (C=O) groups is 1. The van der Waals surface area contributed by atoms with Gasteiger partial charge in [0.25, 0.3) is 0 Å². The first-order valence-corrected chi connectivity index (χ1v) is 9.89. The van der Waals surface area contributed by atoms with Crippen LogP contribution >= 0.6 is 11.8 Å². The summed E-state index contributed by atoms with van der Waals surface area (Å²) in [5.74, 6) is 2.02. The lowest BCUT2D eigenvalue weighted by Crippen LogP contribution is -2.14. The topological polar surface area (TPSA) is 78.3 Å². The highest BCUT2D eigenvalue weighted by Gasteiger charge is 2.16. The number of rotatable bonds is 9. The fourth-order valence-corrected chi connectivity index (χ4v) is 3.47. The number of anilines is 1. The van der Waals surface area contributed by atoms with Crippen molar-refractivity contribution in [3.05, 3.63) is 61.2 Å². The van der Waals surface area contributed by atoms with Gasteiger partial charge in [0.2, 0.25) is 5.91 Å². The number of para-hydroxylation sites is 1.